The summed E-state index contributed by atoms with van der Waals surface area (Å²) in [7, 11) is 0. The first-order valence-electron chi connectivity index (χ1n) is 5.29. The van der Waals surface area contributed by atoms with Crippen molar-refractivity contribution in [3.05, 3.63) is 0 Å². The maximum Gasteiger partial charge on any atom is 0.0790 e. The van der Waals surface area contributed by atoms with Crippen LogP contribution in [0.3, 0.4) is 0 Å². The van der Waals surface area contributed by atoms with Crippen molar-refractivity contribution >= 4 is 23.5 Å². The van der Waals surface area contributed by atoms with Gasteiger partial charge in [-0.05, 0) is 25.0 Å². The van der Waals surface area contributed by atoms with Gasteiger partial charge < -0.3 is 9.84 Å². The van der Waals surface area contributed by atoms with Crippen molar-refractivity contribution in [1.82, 2.24) is 0 Å². The number of aliphatic hydroxyl groups excluding tert-OH is 1. The number of ether oxygens (including phenoxy) is 1. The Kier molecular flexibility index (Phi) is 4.05. The first-order chi connectivity index (χ1) is 6.85. The molecule has 2 heterocycles. The summed E-state index contributed by atoms with van der Waals surface area (Å²) >= 11 is 3.94. The monoisotopic (exact) mass is 234 g/mol. The van der Waals surface area contributed by atoms with Gasteiger partial charge in [-0.15, -0.1) is 0 Å². The number of thioether (sulfide) groups is 2. The minimum absolute atomic E-state index is 0.204. The van der Waals surface area contributed by atoms with E-state index < -0.39 is 0 Å². The van der Waals surface area contributed by atoms with Crippen molar-refractivity contribution in [2.24, 2.45) is 0 Å². The standard InChI is InChI=1S/C10H18O2S2/c11-3-6-14-9-1-4-12-10(7-9)2-5-13-8-10/h9,11H,1-8H2. The molecule has 2 saturated heterocycles. The van der Waals surface area contributed by atoms with Crippen LogP contribution in [0.4, 0.5) is 0 Å². The van der Waals surface area contributed by atoms with E-state index in [1.54, 1.807) is 0 Å². The molecular weight excluding hydrogens is 216 g/mol. The molecule has 2 rings (SSSR count). The SMILES string of the molecule is OCCSC1CCOC2(CCSC2)C1. The van der Waals surface area contributed by atoms with Crippen LogP contribution in [0.25, 0.3) is 0 Å². The summed E-state index contributed by atoms with van der Waals surface area (Å²) in [5, 5.41) is 9.51. The molecule has 0 aromatic heterocycles. The highest BCUT2D eigenvalue weighted by molar-refractivity contribution is 8.00. The van der Waals surface area contributed by atoms with E-state index in [1.807, 2.05) is 23.5 Å². The van der Waals surface area contributed by atoms with Gasteiger partial charge in [0, 0.05) is 23.4 Å². The quantitative estimate of drug-likeness (QED) is 0.806. The van der Waals surface area contributed by atoms with Crippen LogP contribution in [0, 0.1) is 0 Å². The molecule has 0 aliphatic carbocycles. The first kappa shape index (κ1) is 11.1. The van der Waals surface area contributed by atoms with Crippen LogP contribution in [-0.2, 0) is 4.74 Å². The lowest BCUT2D eigenvalue weighted by molar-refractivity contribution is -0.0562. The van der Waals surface area contributed by atoms with Crippen LogP contribution < -0.4 is 0 Å². The molecule has 2 aliphatic heterocycles. The smallest absolute Gasteiger partial charge is 0.0790 e. The number of aliphatic hydroxyl groups is 1. The van der Waals surface area contributed by atoms with Crippen LogP contribution in [-0.4, -0.2) is 46.4 Å². The average Bonchev–Trinajstić information content (AvgIpc) is 2.63. The summed E-state index contributed by atoms with van der Waals surface area (Å²) in [6.45, 7) is 1.23. The maximum atomic E-state index is 8.80. The second-order valence-electron chi connectivity index (χ2n) is 4.04. The molecule has 2 unspecified atom stereocenters. The number of hydrogen-bond acceptors (Lipinski definition) is 4. The summed E-state index contributed by atoms with van der Waals surface area (Å²) in [6, 6.07) is 0. The van der Waals surface area contributed by atoms with Gasteiger partial charge in [-0.25, -0.2) is 0 Å². The third kappa shape index (κ3) is 2.60. The van der Waals surface area contributed by atoms with Gasteiger partial charge in [0.15, 0.2) is 0 Å². The van der Waals surface area contributed by atoms with Crippen molar-refractivity contribution in [2.45, 2.75) is 30.1 Å². The van der Waals surface area contributed by atoms with Gasteiger partial charge >= 0.3 is 0 Å². The van der Waals surface area contributed by atoms with Gasteiger partial charge in [-0.3, -0.25) is 0 Å². The van der Waals surface area contributed by atoms with Crippen LogP contribution in [0.15, 0.2) is 0 Å². The topological polar surface area (TPSA) is 29.5 Å². The Hall–Kier alpha value is 0.620. The van der Waals surface area contributed by atoms with Gasteiger partial charge in [-0.2, -0.15) is 23.5 Å². The molecule has 82 valence electrons. The third-order valence-corrected chi connectivity index (χ3v) is 5.47. The summed E-state index contributed by atoms with van der Waals surface area (Å²) < 4.78 is 5.94. The Morgan fingerprint density at radius 3 is 3.21 bits per heavy atom. The molecule has 0 amide bonds. The molecule has 0 bridgehead atoms. The van der Waals surface area contributed by atoms with E-state index in [0.717, 1.165) is 24.0 Å². The van der Waals surface area contributed by atoms with Crippen LogP contribution in [0.1, 0.15) is 19.3 Å². The van der Waals surface area contributed by atoms with E-state index in [9.17, 15) is 0 Å². The van der Waals surface area contributed by atoms with Gasteiger partial charge in [0.1, 0.15) is 0 Å². The second-order valence-corrected chi connectivity index (χ2v) is 6.56. The fraction of sp³-hybridized carbons (Fsp3) is 1.00. The molecule has 2 nitrogen and oxygen atoms in total. The molecule has 0 aromatic carbocycles. The lowest BCUT2D eigenvalue weighted by Gasteiger charge is -2.37. The summed E-state index contributed by atoms with van der Waals surface area (Å²) in [5.41, 5.74) is 0.204. The molecular formula is C10H18O2S2. The van der Waals surface area contributed by atoms with Crippen molar-refractivity contribution in [2.75, 3.05) is 30.5 Å². The first-order valence-corrected chi connectivity index (χ1v) is 7.49. The van der Waals surface area contributed by atoms with E-state index in [2.05, 4.69) is 0 Å². The Bertz CT molecular complexity index is 181. The van der Waals surface area contributed by atoms with Gasteiger partial charge in [0.05, 0.1) is 12.2 Å². The fourth-order valence-corrected chi connectivity index (χ4v) is 4.71. The lowest BCUT2D eigenvalue weighted by atomic mass is 9.93. The maximum absolute atomic E-state index is 8.80. The minimum atomic E-state index is 0.204. The average molecular weight is 234 g/mol. The minimum Gasteiger partial charge on any atom is -0.396 e. The fourth-order valence-electron chi connectivity index (χ4n) is 2.21. The second kappa shape index (κ2) is 5.10. The highest BCUT2D eigenvalue weighted by Crippen LogP contribution is 2.41. The summed E-state index contributed by atoms with van der Waals surface area (Å²) in [6.07, 6.45) is 3.59. The Morgan fingerprint density at radius 2 is 2.50 bits per heavy atom. The largest absolute Gasteiger partial charge is 0.396 e. The molecule has 0 radical (unpaired) electrons. The molecule has 2 fully saturated rings. The predicted octanol–water partition coefficient (Wildman–Crippen LogP) is 1.77. The molecule has 1 N–H and O–H groups in total. The van der Waals surface area contributed by atoms with Crippen LogP contribution in [0.5, 0.6) is 0 Å². The van der Waals surface area contributed by atoms with Gasteiger partial charge in [0.2, 0.25) is 0 Å². The molecule has 0 aromatic rings. The van der Waals surface area contributed by atoms with Crippen molar-refractivity contribution in [1.29, 1.82) is 0 Å². The third-order valence-electron chi connectivity index (χ3n) is 2.96. The van der Waals surface area contributed by atoms with E-state index >= 15 is 0 Å². The van der Waals surface area contributed by atoms with Crippen molar-refractivity contribution < 1.29 is 9.84 Å². The molecule has 1 spiro atoms. The van der Waals surface area contributed by atoms with Crippen molar-refractivity contribution in [3.63, 3.8) is 0 Å². The zero-order valence-corrected chi connectivity index (χ0v) is 10.0. The highest BCUT2D eigenvalue weighted by Gasteiger charge is 2.40. The normalized spacial score (nSPS) is 37.9. The van der Waals surface area contributed by atoms with E-state index in [4.69, 9.17) is 9.84 Å². The number of hydrogen-bond donors (Lipinski definition) is 1. The van der Waals surface area contributed by atoms with Crippen LogP contribution in [0.2, 0.25) is 0 Å². The van der Waals surface area contributed by atoms with Crippen LogP contribution >= 0.6 is 23.5 Å². The predicted molar refractivity (Wildman–Crippen MR) is 63.2 cm³/mol. The molecule has 4 heteroatoms. The van der Waals surface area contributed by atoms with Gasteiger partial charge in [0.25, 0.3) is 0 Å². The van der Waals surface area contributed by atoms with E-state index in [0.29, 0.717) is 6.61 Å². The summed E-state index contributed by atoms with van der Waals surface area (Å²) in [4.78, 5) is 0. The molecule has 14 heavy (non-hydrogen) atoms. The Balaban J connectivity index is 1.83. The molecule has 2 atom stereocenters. The lowest BCUT2D eigenvalue weighted by Crippen LogP contribution is -2.41. The highest BCUT2D eigenvalue weighted by atomic mass is 32.2. The molecule has 0 saturated carbocycles. The number of rotatable bonds is 3. The van der Waals surface area contributed by atoms with E-state index in [-0.39, 0.29) is 5.60 Å². The Labute approximate surface area is 94.2 Å². The van der Waals surface area contributed by atoms with E-state index in [1.165, 1.54) is 24.3 Å². The summed E-state index contributed by atoms with van der Waals surface area (Å²) in [5.74, 6) is 3.33. The molecule has 2 aliphatic rings. The zero-order chi connectivity index (χ0) is 9.86. The van der Waals surface area contributed by atoms with Gasteiger partial charge in [-0.1, -0.05) is 0 Å². The Morgan fingerprint density at radius 1 is 1.57 bits per heavy atom. The zero-order valence-electron chi connectivity index (χ0n) is 8.41. The van der Waals surface area contributed by atoms with Crippen molar-refractivity contribution in [3.8, 4) is 0 Å².